The minimum atomic E-state index is -4.96. The van der Waals surface area contributed by atoms with Gasteiger partial charge in [-0.3, -0.25) is 9.69 Å². The molecule has 2 aromatic carbocycles. The first-order chi connectivity index (χ1) is 17.6. The van der Waals surface area contributed by atoms with E-state index in [4.69, 9.17) is 4.74 Å². The number of hydrogen-bond acceptors (Lipinski definition) is 3. The van der Waals surface area contributed by atoms with E-state index in [0.29, 0.717) is 31.4 Å². The number of amides is 1. The highest BCUT2D eigenvalue weighted by Gasteiger charge is 2.54. The third-order valence-corrected chi connectivity index (χ3v) is 7.89. The van der Waals surface area contributed by atoms with Crippen LogP contribution in [-0.2, 0) is 28.5 Å². The molecule has 1 aliphatic carbocycles. The summed E-state index contributed by atoms with van der Waals surface area (Å²) in [5, 5.41) is 3.06. The van der Waals surface area contributed by atoms with E-state index in [0.717, 1.165) is 5.56 Å². The van der Waals surface area contributed by atoms with Gasteiger partial charge in [0, 0.05) is 12.0 Å². The molecule has 5 atom stereocenters. The largest absolute Gasteiger partial charge is 0.416 e. The van der Waals surface area contributed by atoms with Crippen molar-refractivity contribution >= 4 is 5.91 Å². The number of carbonyl (C=O) groups is 1. The molecule has 2 fully saturated rings. The van der Waals surface area contributed by atoms with Crippen LogP contribution in [0.1, 0.15) is 54.4 Å². The Morgan fingerprint density at radius 3 is 2.08 bits per heavy atom. The van der Waals surface area contributed by atoms with Gasteiger partial charge in [0.05, 0.1) is 29.9 Å². The van der Waals surface area contributed by atoms with Gasteiger partial charge >= 0.3 is 12.4 Å². The maximum atomic E-state index is 13.7. The lowest BCUT2D eigenvalue weighted by molar-refractivity contribution is -0.143. The summed E-state index contributed by atoms with van der Waals surface area (Å²) < 4.78 is 99.6. The van der Waals surface area contributed by atoms with Gasteiger partial charge in [-0.25, -0.2) is 4.39 Å². The van der Waals surface area contributed by atoms with Gasteiger partial charge in [-0.2, -0.15) is 26.3 Å². The molecule has 208 valence electrons. The highest BCUT2D eigenvalue weighted by atomic mass is 19.4. The quantitative estimate of drug-likeness (QED) is 0.442. The maximum absolute atomic E-state index is 13.7. The van der Waals surface area contributed by atoms with Crippen molar-refractivity contribution in [2.45, 2.75) is 69.3 Å². The average molecular weight is 547 g/mol. The van der Waals surface area contributed by atoms with E-state index in [1.54, 1.807) is 26.2 Å². The number of hydrogen-bond donors (Lipinski definition) is 1. The molecule has 0 spiro atoms. The number of likely N-dealkylation sites (N-methyl/N-ethyl adjacent to an activating group) is 1. The fraction of sp³-hybridized carbons (Fsp3) is 0.519. The second-order valence-electron chi connectivity index (χ2n) is 10.6. The topological polar surface area (TPSA) is 41.6 Å². The summed E-state index contributed by atoms with van der Waals surface area (Å²) in [4.78, 5) is 14.4. The first-order valence-corrected chi connectivity index (χ1v) is 12.2. The Morgan fingerprint density at radius 2 is 1.58 bits per heavy atom. The van der Waals surface area contributed by atoms with Crippen molar-refractivity contribution in [1.29, 1.82) is 0 Å². The molecule has 1 saturated heterocycles. The third kappa shape index (κ3) is 5.68. The minimum Gasteiger partial charge on any atom is -0.373 e. The van der Waals surface area contributed by atoms with Crippen LogP contribution in [0.3, 0.4) is 0 Å². The zero-order chi connectivity index (χ0) is 28.0. The normalized spacial score (nSPS) is 28.2. The van der Waals surface area contributed by atoms with Crippen molar-refractivity contribution in [2.75, 3.05) is 14.1 Å². The zero-order valence-electron chi connectivity index (χ0n) is 21.1. The van der Waals surface area contributed by atoms with Crippen LogP contribution in [0.25, 0.3) is 0 Å². The summed E-state index contributed by atoms with van der Waals surface area (Å²) in [5.74, 6) is -0.953. The number of alkyl halides is 6. The van der Waals surface area contributed by atoms with Crippen molar-refractivity contribution in [3.8, 4) is 0 Å². The van der Waals surface area contributed by atoms with Gasteiger partial charge in [0.2, 0.25) is 5.91 Å². The number of carbonyl (C=O) groups excluding carboxylic acids is 1. The van der Waals surface area contributed by atoms with Crippen molar-refractivity contribution < 1.29 is 40.3 Å². The Balaban J connectivity index is 1.64. The van der Waals surface area contributed by atoms with E-state index in [9.17, 15) is 35.5 Å². The van der Waals surface area contributed by atoms with Gasteiger partial charge in [-0.05, 0) is 80.2 Å². The standard InChI is InChI=1S/C27H29F7N2O2/c1-25(22-13-20(36(2)3)24(37)35-22)9-8-21(23(25)16-4-6-19(28)7-5-16)38-14-15-10-17(26(29,30)31)12-18(11-15)27(32,33)34/h4-7,10-12,20-23H,8-9,13-14H2,1-3H3,(H,35,37)/t20-,21+,22?,23-,25+/m1/s1. The molecule has 11 heteroatoms. The van der Waals surface area contributed by atoms with Crippen LogP contribution in [0, 0.1) is 11.2 Å². The summed E-state index contributed by atoms with van der Waals surface area (Å²) in [5.41, 5.74) is -2.88. The van der Waals surface area contributed by atoms with E-state index in [1.807, 2.05) is 11.8 Å². The number of nitrogens with one attached hydrogen (secondary N) is 1. The lowest BCUT2D eigenvalue weighted by atomic mass is 9.69. The Hall–Kier alpha value is -2.66. The first-order valence-electron chi connectivity index (χ1n) is 12.2. The number of rotatable bonds is 6. The molecule has 1 unspecified atom stereocenters. The van der Waals surface area contributed by atoms with Gasteiger partial charge in [0.1, 0.15) is 5.82 Å². The molecule has 1 N–H and O–H groups in total. The molecule has 2 aliphatic rings. The third-order valence-electron chi connectivity index (χ3n) is 7.89. The minimum absolute atomic E-state index is 0.0847. The Labute approximate surface area is 216 Å². The molecule has 2 aromatic rings. The molecule has 0 aromatic heterocycles. The predicted octanol–water partition coefficient (Wildman–Crippen LogP) is 6.15. The first kappa shape index (κ1) is 28.4. The predicted molar refractivity (Wildman–Crippen MR) is 126 cm³/mol. The van der Waals surface area contributed by atoms with Crippen LogP contribution in [0.2, 0.25) is 0 Å². The van der Waals surface area contributed by atoms with Gasteiger partial charge in [0.25, 0.3) is 0 Å². The molecule has 1 aliphatic heterocycles. The van der Waals surface area contributed by atoms with Crippen molar-refractivity contribution in [3.63, 3.8) is 0 Å². The Morgan fingerprint density at radius 1 is 1.00 bits per heavy atom. The van der Waals surface area contributed by atoms with E-state index in [1.165, 1.54) is 12.1 Å². The van der Waals surface area contributed by atoms with Gasteiger partial charge < -0.3 is 10.1 Å². The summed E-state index contributed by atoms with van der Waals surface area (Å²) in [6.07, 6.45) is -8.92. The van der Waals surface area contributed by atoms with Gasteiger partial charge in [-0.15, -0.1) is 0 Å². The smallest absolute Gasteiger partial charge is 0.373 e. The molecule has 1 amide bonds. The lowest BCUT2D eigenvalue weighted by Crippen LogP contribution is -2.44. The molecule has 0 radical (unpaired) electrons. The maximum Gasteiger partial charge on any atom is 0.416 e. The Bertz CT molecular complexity index is 1130. The second-order valence-corrected chi connectivity index (χ2v) is 10.6. The molecule has 1 saturated carbocycles. The van der Waals surface area contributed by atoms with E-state index in [-0.39, 0.29) is 35.5 Å². The molecular formula is C27H29F7N2O2. The average Bonchev–Trinajstić information content (AvgIpc) is 3.38. The molecule has 38 heavy (non-hydrogen) atoms. The van der Waals surface area contributed by atoms with Crippen molar-refractivity contribution in [1.82, 2.24) is 10.2 Å². The number of halogens is 7. The van der Waals surface area contributed by atoms with Crippen LogP contribution in [-0.4, -0.2) is 43.1 Å². The summed E-state index contributed by atoms with van der Waals surface area (Å²) in [6.45, 7) is 1.52. The van der Waals surface area contributed by atoms with Gasteiger partial charge in [0.15, 0.2) is 0 Å². The summed E-state index contributed by atoms with van der Waals surface area (Å²) in [7, 11) is 3.61. The lowest BCUT2D eigenvalue weighted by Gasteiger charge is -2.39. The SMILES string of the molecule is CN(C)[C@@H]1CC([C@]2(C)CC[C@H](OCc3cc(C(F)(F)F)cc(C(F)(F)F)c3)[C@H]2c2ccc(F)cc2)NC1=O. The zero-order valence-corrected chi connectivity index (χ0v) is 21.1. The van der Waals surface area contributed by atoms with Gasteiger partial charge in [-0.1, -0.05) is 19.1 Å². The number of nitrogens with zero attached hydrogens (tertiary/aromatic N) is 1. The van der Waals surface area contributed by atoms with Crippen LogP contribution < -0.4 is 5.32 Å². The van der Waals surface area contributed by atoms with Crippen molar-refractivity contribution in [3.05, 3.63) is 70.5 Å². The molecule has 1 heterocycles. The van der Waals surface area contributed by atoms with Crippen LogP contribution in [0.5, 0.6) is 0 Å². The van der Waals surface area contributed by atoms with Crippen LogP contribution >= 0.6 is 0 Å². The number of benzene rings is 2. The fourth-order valence-electron chi connectivity index (χ4n) is 5.88. The summed E-state index contributed by atoms with van der Waals surface area (Å²) >= 11 is 0. The van der Waals surface area contributed by atoms with Crippen LogP contribution in [0.15, 0.2) is 42.5 Å². The molecule has 4 nitrogen and oxygen atoms in total. The summed E-state index contributed by atoms with van der Waals surface area (Å²) in [6, 6.07) is 6.62. The Kier molecular flexibility index (Phi) is 7.57. The highest BCUT2D eigenvalue weighted by molar-refractivity contribution is 5.84. The highest BCUT2D eigenvalue weighted by Crippen LogP contribution is 2.54. The number of ether oxygens (including phenoxy) is 1. The van der Waals surface area contributed by atoms with Crippen molar-refractivity contribution in [2.24, 2.45) is 5.41 Å². The molecule has 4 rings (SSSR count). The molecule has 0 bridgehead atoms. The monoisotopic (exact) mass is 546 g/mol. The molecular weight excluding hydrogens is 517 g/mol. The van der Waals surface area contributed by atoms with E-state index < -0.39 is 47.4 Å². The van der Waals surface area contributed by atoms with Crippen LogP contribution in [0.4, 0.5) is 30.7 Å². The second kappa shape index (κ2) is 10.1. The van der Waals surface area contributed by atoms with E-state index in [2.05, 4.69) is 5.32 Å². The fourth-order valence-corrected chi connectivity index (χ4v) is 5.88. The van der Waals surface area contributed by atoms with E-state index >= 15 is 0 Å².